The van der Waals surface area contributed by atoms with Crippen molar-refractivity contribution in [3.8, 4) is 0 Å². The maximum absolute atomic E-state index is 12.4. The van der Waals surface area contributed by atoms with Gasteiger partial charge in [0, 0.05) is 11.3 Å². The van der Waals surface area contributed by atoms with Crippen LogP contribution < -0.4 is 10.6 Å². The predicted molar refractivity (Wildman–Crippen MR) is 79.3 cm³/mol. The molecule has 126 valence electrons. The van der Waals surface area contributed by atoms with Gasteiger partial charge in [0.05, 0.1) is 10.9 Å². The van der Waals surface area contributed by atoms with E-state index in [9.17, 15) is 22.8 Å². The standard InChI is InChI=1S/C13H10F3N5O2S/c14-13(15,16)11-19-12(21-20-11)18-9(22)5-8-10(23)17-6-3-1-2-4-7(6)24-8/h1-4,8H,5H2,(H,17,23)(H2,18,19,20,21,22). The smallest absolute Gasteiger partial charge is 0.324 e. The van der Waals surface area contributed by atoms with Gasteiger partial charge in [0.2, 0.25) is 23.6 Å². The molecule has 3 N–H and O–H groups in total. The van der Waals surface area contributed by atoms with Crippen LogP contribution in [0, 0.1) is 0 Å². The van der Waals surface area contributed by atoms with E-state index in [0.717, 1.165) is 4.90 Å². The molecule has 2 aromatic rings. The highest BCUT2D eigenvalue weighted by Crippen LogP contribution is 2.36. The summed E-state index contributed by atoms with van der Waals surface area (Å²) in [5, 5.41) is 9.09. The number of H-pyrrole nitrogens is 1. The van der Waals surface area contributed by atoms with Crippen LogP contribution in [0.1, 0.15) is 12.2 Å². The number of aromatic nitrogens is 3. The van der Waals surface area contributed by atoms with Crippen LogP contribution in [0.15, 0.2) is 29.2 Å². The van der Waals surface area contributed by atoms with Crippen LogP contribution in [0.2, 0.25) is 0 Å². The van der Waals surface area contributed by atoms with Gasteiger partial charge in [0.25, 0.3) is 0 Å². The third-order valence-corrected chi connectivity index (χ3v) is 4.36. The molecule has 0 fully saturated rings. The van der Waals surface area contributed by atoms with E-state index in [1.807, 2.05) is 0 Å². The lowest BCUT2D eigenvalue weighted by Crippen LogP contribution is -2.32. The molecule has 0 radical (unpaired) electrons. The number of nitrogens with zero attached hydrogens (tertiary/aromatic N) is 2. The Morgan fingerprint density at radius 3 is 2.79 bits per heavy atom. The van der Waals surface area contributed by atoms with Gasteiger partial charge in [-0.1, -0.05) is 12.1 Å². The minimum Gasteiger partial charge on any atom is -0.324 e. The number of benzene rings is 1. The molecule has 1 atom stereocenters. The Bertz CT molecular complexity index is 792. The van der Waals surface area contributed by atoms with Gasteiger partial charge in [-0.25, -0.2) is 0 Å². The summed E-state index contributed by atoms with van der Waals surface area (Å²) in [6.07, 6.45) is -4.90. The van der Waals surface area contributed by atoms with Crippen molar-refractivity contribution in [2.45, 2.75) is 22.7 Å². The highest BCUT2D eigenvalue weighted by Gasteiger charge is 2.35. The topological polar surface area (TPSA) is 99.8 Å². The van der Waals surface area contributed by atoms with E-state index >= 15 is 0 Å². The first-order valence-corrected chi connectivity index (χ1v) is 7.57. The second kappa shape index (κ2) is 6.15. The molecule has 7 nitrogen and oxygen atoms in total. The van der Waals surface area contributed by atoms with E-state index in [1.54, 1.807) is 29.4 Å². The van der Waals surface area contributed by atoms with Gasteiger partial charge in [-0.3, -0.25) is 20.0 Å². The second-order valence-corrected chi connectivity index (χ2v) is 6.09. The van der Waals surface area contributed by atoms with Gasteiger partial charge in [-0.05, 0) is 12.1 Å². The highest BCUT2D eigenvalue weighted by atomic mass is 32.2. The number of hydrogen-bond donors (Lipinski definition) is 3. The number of carbonyl (C=O) groups excluding carboxylic acids is 2. The molecule has 1 aromatic heterocycles. The summed E-state index contributed by atoms with van der Waals surface area (Å²) in [5.74, 6) is -2.81. The molecule has 0 saturated heterocycles. The summed E-state index contributed by atoms with van der Waals surface area (Å²) in [6, 6.07) is 7.11. The number of amides is 2. The molecular weight excluding hydrogens is 347 g/mol. The third kappa shape index (κ3) is 3.50. The number of para-hydroxylation sites is 1. The van der Waals surface area contributed by atoms with Crippen LogP contribution in [0.4, 0.5) is 24.8 Å². The maximum Gasteiger partial charge on any atom is 0.451 e. The number of hydrogen-bond acceptors (Lipinski definition) is 5. The zero-order valence-electron chi connectivity index (χ0n) is 11.8. The number of anilines is 2. The Labute approximate surface area is 137 Å². The Morgan fingerprint density at radius 1 is 1.33 bits per heavy atom. The lowest BCUT2D eigenvalue weighted by Gasteiger charge is -2.23. The first kappa shape index (κ1) is 16.3. The van der Waals surface area contributed by atoms with Crippen molar-refractivity contribution >= 4 is 35.2 Å². The third-order valence-electron chi connectivity index (χ3n) is 3.08. The molecule has 1 aliphatic heterocycles. The second-order valence-electron chi connectivity index (χ2n) is 4.85. The van der Waals surface area contributed by atoms with Gasteiger partial charge in [-0.15, -0.1) is 16.9 Å². The molecule has 2 amide bonds. The fourth-order valence-electron chi connectivity index (χ4n) is 2.02. The zero-order chi connectivity index (χ0) is 17.3. The number of aromatic amines is 1. The number of fused-ring (bicyclic) bond motifs is 1. The molecule has 0 aliphatic carbocycles. The fourth-order valence-corrected chi connectivity index (χ4v) is 3.13. The number of halogens is 3. The Balaban J connectivity index is 1.63. The lowest BCUT2D eigenvalue weighted by molar-refractivity contribution is -0.144. The van der Waals surface area contributed by atoms with Crippen LogP contribution >= 0.6 is 11.8 Å². The number of nitrogens with one attached hydrogen (secondary N) is 3. The van der Waals surface area contributed by atoms with Crippen molar-refractivity contribution < 1.29 is 22.8 Å². The molecular formula is C13H10F3N5O2S. The summed E-state index contributed by atoms with van der Waals surface area (Å²) in [5.41, 5.74) is 0.660. The van der Waals surface area contributed by atoms with Gasteiger partial charge in [0.1, 0.15) is 0 Å². The van der Waals surface area contributed by atoms with E-state index in [0.29, 0.717) is 5.69 Å². The van der Waals surface area contributed by atoms with E-state index in [1.165, 1.54) is 11.8 Å². The molecule has 3 rings (SSSR count). The molecule has 24 heavy (non-hydrogen) atoms. The van der Waals surface area contributed by atoms with E-state index in [2.05, 4.69) is 20.7 Å². The Hall–Kier alpha value is -2.56. The van der Waals surface area contributed by atoms with Gasteiger partial charge < -0.3 is 5.32 Å². The first-order chi connectivity index (χ1) is 11.3. The van der Waals surface area contributed by atoms with E-state index in [4.69, 9.17) is 0 Å². The monoisotopic (exact) mass is 357 g/mol. The van der Waals surface area contributed by atoms with Gasteiger partial charge in [0.15, 0.2) is 0 Å². The number of alkyl halides is 3. The quantitative estimate of drug-likeness (QED) is 0.782. The maximum atomic E-state index is 12.4. The average Bonchev–Trinajstić information content (AvgIpc) is 2.96. The SMILES string of the molecule is O=C(CC1Sc2ccccc2NC1=O)Nc1n[nH]c(C(F)(F)F)n1. The number of thioether (sulfide) groups is 1. The zero-order valence-corrected chi connectivity index (χ0v) is 12.7. The first-order valence-electron chi connectivity index (χ1n) is 6.69. The van der Waals surface area contributed by atoms with Crippen LogP contribution in [-0.4, -0.2) is 32.2 Å². The molecule has 0 bridgehead atoms. The number of carbonyl (C=O) groups is 2. The number of rotatable bonds is 3. The Morgan fingerprint density at radius 2 is 2.08 bits per heavy atom. The van der Waals surface area contributed by atoms with Crippen molar-refractivity contribution in [1.29, 1.82) is 0 Å². The van der Waals surface area contributed by atoms with Gasteiger partial charge >= 0.3 is 6.18 Å². The van der Waals surface area contributed by atoms with Crippen LogP contribution in [-0.2, 0) is 15.8 Å². The van der Waals surface area contributed by atoms with Crippen LogP contribution in [0.3, 0.4) is 0 Å². The van der Waals surface area contributed by atoms with Crippen molar-refractivity contribution in [2.24, 2.45) is 0 Å². The van der Waals surface area contributed by atoms with Crippen LogP contribution in [0.25, 0.3) is 0 Å². The lowest BCUT2D eigenvalue weighted by atomic mass is 10.2. The molecule has 2 heterocycles. The largest absolute Gasteiger partial charge is 0.451 e. The summed E-state index contributed by atoms with van der Waals surface area (Å²) < 4.78 is 37.2. The summed E-state index contributed by atoms with van der Waals surface area (Å²) in [6.45, 7) is 0. The average molecular weight is 357 g/mol. The van der Waals surface area contributed by atoms with E-state index in [-0.39, 0.29) is 12.3 Å². The summed E-state index contributed by atoms with van der Waals surface area (Å²) >= 11 is 1.21. The summed E-state index contributed by atoms with van der Waals surface area (Å²) in [7, 11) is 0. The van der Waals surface area contributed by atoms with Crippen molar-refractivity contribution in [2.75, 3.05) is 10.6 Å². The molecule has 0 spiro atoms. The minimum absolute atomic E-state index is 0.222. The van der Waals surface area contributed by atoms with Crippen LogP contribution in [0.5, 0.6) is 0 Å². The molecule has 1 unspecified atom stereocenters. The van der Waals surface area contributed by atoms with E-state index < -0.39 is 29.1 Å². The highest BCUT2D eigenvalue weighted by molar-refractivity contribution is 8.01. The van der Waals surface area contributed by atoms with Crippen molar-refractivity contribution in [1.82, 2.24) is 15.2 Å². The minimum atomic E-state index is -4.68. The van der Waals surface area contributed by atoms with Crippen molar-refractivity contribution in [3.05, 3.63) is 30.1 Å². The molecule has 0 saturated carbocycles. The fraction of sp³-hybridized carbons (Fsp3) is 0.231. The van der Waals surface area contributed by atoms with Crippen molar-refractivity contribution in [3.63, 3.8) is 0 Å². The molecule has 1 aliphatic rings. The summed E-state index contributed by atoms with van der Waals surface area (Å²) in [4.78, 5) is 27.9. The molecule has 11 heteroatoms. The van der Waals surface area contributed by atoms with Gasteiger partial charge in [-0.2, -0.15) is 18.2 Å². The molecule has 1 aromatic carbocycles. The predicted octanol–water partition coefficient (Wildman–Crippen LogP) is 2.27. The normalized spacial score (nSPS) is 17.1. The Kier molecular flexibility index (Phi) is 4.18.